The second-order valence-electron chi connectivity index (χ2n) is 12.5. The Morgan fingerprint density at radius 1 is 1.00 bits per heavy atom. The molecule has 1 amide bonds. The van der Waals surface area contributed by atoms with Gasteiger partial charge in [0.25, 0.3) is 5.91 Å². The summed E-state index contributed by atoms with van der Waals surface area (Å²) in [4.78, 5) is 13.1. The van der Waals surface area contributed by atoms with Crippen LogP contribution in [0.2, 0.25) is 0 Å². The first kappa shape index (κ1) is 26.5. The van der Waals surface area contributed by atoms with E-state index in [1.165, 1.54) is 48.8 Å². The first-order chi connectivity index (χ1) is 15.8. The van der Waals surface area contributed by atoms with E-state index in [4.69, 9.17) is 0 Å². The Hall–Kier alpha value is -2.07. The molecule has 0 saturated heterocycles. The van der Waals surface area contributed by atoms with Crippen LogP contribution in [0.25, 0.3) is 11.3 Å². The molecule has 0 spiro atoms. The van der Waals surface area contributed by atoms with Gasteiger partial charge < -0.3 is 15.0 Å². The van der Waals surface area contributed by atoms with Gasteiger partial charge >= 0.3 is 0 Å². The van der Waals surface area contributed by atoms with Crippen LogP contribution in [0.4, 0.5) is 0 Å². The minimum Gasteiger partial charge on any atom is -0.392 e. The molecule has 3 rings (SSSR count). The third-order valence-electron chi connectivity index (χ3n) is 7.30. The van der Waals surface area contributed by atoms with Crippen molar-refractivity contribution in [3.8, 4) is 11.3 Å². The lowest BCUT2D eigenvalue weighted by atomic mass is 9.79. The van der Waals surface area contributed by atoms with Crippen LogP contribution < -0.4 is 5.32 Å². The fraction of sp³-hybridized carbons (Fsp3) is 0.633. The fourth-order valence-electron chi connectivity index (χ4n) is 4.95. The molecule has 4 nitrogen and oxygen atoms in total. The highest BCUT2D eigenvalue weighted by Crippen LogP contribution is 2.36. The molecule has 1 atom stereocenters. The summed E-state index contributed by atoms with van der Waals surface area (Å²) in [6.07, 6.45) is 5.90. The molecule has 1 aliphatic carbocycles. The average molecular weight is 467 g/mol. The molecule has 1 aromatic carbocycles. The van der Waals surface area contributed by atoms with Gasteiger partial charge in [-0.25, -0.2) is 0 Å². The number of nitrogens with zero attached hydrogens (tertiary/aromatic N) is 1. The maximum Gasteiger partial charge on any atom is 0.253 e. The van der Waals surface area contributed by atoms with Crippen molar-refractivity contribution < 1.29 is 9.90 Å². The summed E-state index contributed by atoms with van der Waals surface area (Å²) in [5, 5.41) is 12.6. The Bertz CT molecular complexity index is 964. The van der Waals surface area contributed by atoms with Crippen LogP contribution in [-0.4, -0.2) is 28.2 Å². The molecule has 188 valence electrons. The van der Waals surface area contributed by atoms with Crippen LogP contribution in [0.3, 0.4) is 0 Å². The second kappa shape index (κ2) is 10.3. The average Bonchev–Trinajstić information content (AvgIpc) is 3.07. The highest BCUT2D eigenvalue weighted by atomic mass is 16.3. The van der Waals surface area contributed by atoms with E-state index >= 15 is 0 Å². The Balaban J connectivity index is 2.15. The SMILES string of the molecule is Cc1c(C(=O)NC[C@@H](C)O)cc(-c2cc(C(C)(C)C)cc(C(C)(C)C)c2)n1CC1CCCCC1. The number of rotatable bonds is 6. The van der Waals surface area contributed by atoms with Gasteiger partial charge in [0.05, 0.1) is 11.7 Å². The van der Waals surface area contributed by atoms with E-state index in [9.17, 15) is 9.90 Å². The molecule has 4 heteroatoms. The summed E-state index contributed by atoms with van der Waals surface area (Å²) >= 11 is 0. The summed E-state index contributed by atoms with van der Waals surface area (Å²) in [6, 6.07) is 9.06. The van der Waals surface area contributed by atoms with Crippen molar-refractivity contribution in [2.75, 3.05) is 6.54 Å². The molecule has 0 radical (unpaired) electrons. The molecule has 34 heavy (non-hydrogen) atoms. The van der Waals surface area contributed by atoms with Crippen molar-refractivity contribution in [3.63, 3.8) is 0 Å². The number of hydrogen-bond acceptors (Lipinski definition) is 2. The van der Waals surface area contributed by atoms with Gasteiger partial charge in [-0.1, -0.05) is 66.9 Å². The van der Waals surface area contributed by atoms with Crippen molar-refractivity contribution >= 4 is 5.91 Å². The number of amides is 1. The first-order valence-electron chi connectivity index (χ1n) is 13.1. The molecule has 0 bridgehead atoms. The number of carbonyl (C=O) groups excluding carboxylic acids is 1. The van der Waals surface area contributed by atoms with Crippen molar-refractivity contribution in [3.05, 3.63) is 46.6 Å². The van der Waals surface area contributed by atoms with E-state index in [1.807, 2.05) is 0 Å². The third-order valence-corrected chi connectivity index (χ3v) is 7.30. The maximum atomic E-state index is 13.1. The van der Waals surface area contributed by atoms with Crippen LogP contribution in [0, 0.1) is 12.8 Å². The number of aliphatic hydroxyl groups excluding tert-OH is 1. The minimum atomic E-state index is -0.564. The number of aliphatic hydroxyl groups is 1. The summed E-state index contributed by atoms with van der Waals surface area (Å²) in [7, 11) is 0. The van der Waals surface area contributed by atoms with Gasteiger partial charge in [-0.05, 0) is 78.3 Å². The van der Waals surface area contributed by atoms with Crippen LogP contribution >= 0.6 is 0 Å². The third kappa shape index (κ3) is 6.33. The topological polar surface area (TPSA) is 54.3 Å². The molecule has 1 fully saturated rings. The molecule has 0 aliphatic heterocycles. The molecular formula is C30H46N2O2. The smallest absolute Gasteiger partial charge is 0.253 e. The van der Waals surface area contributed by atoms with Gasteiger partial charge in [0.2, 0.25) is 0 Å². The number of carbonyl (C=O) groups is 1. The van der Waals surface area contributed by atoms with E-state index in [0.717, 1.165) is 17.9 Å². The number of nitrogens with one attached hydrogen (secondary N) is 1. The number of aromatic nitrogens is 1. The van der Waals surface area contributed by atoms with Crippen LogP contribution in [0.1, 0.15) is 108 Å². The zero-order valence-corrected chi connectivity index (χ0v) is 22.7. The van der Waals surface area contributed by atoms with Crippen LogP contribution in [0.15, 0.2) is 24.3 Å². The Morgan fingerprint density at radius 2 is 1.56 bits per heavy atom. The molecule has 0 unspecified atom stereocenters. The van der Waals surface area contributed by atoms with Gasteiger partial charge in [-0.3, -0.25) is 4.79 Å². The molecule has 2 N–H and O–H groups in total. The van der Waals surface area contributed by atoms with Gasteiger partial charge in [0.1, 0.15) is 0 Å². The summed E-state index contributed by atoms with van der Waals surface area (Å²) in [6.45, 7) is 18.6. The van der Waals surface area contributed by atoms with Crippen molar-refractivity contribution in [2.45, 2.75) is 111 Å². The second-order valence-corrected chi connectivity index (χ2v) is 12.5. The Morgan fingerprint density at radius 3 is 2.06 bits per heavy atom. The number of hydrogen-bond donors (Lipinski definition) is 2. The summed E-state index contributed by atoms with van der Waals surface area (Å²) < 4.78 is 2.39. The lowest BCUT2D eigenvalue weighted by Gasteiger charge is -2.27. The quantitative estimate of drug-likeness (QED) is 0.495. The minimum absolute atomic E-state index is 0.0311. The van der Waals surface area contributed by atoms with E-state index < -0.39 is 6.10 Å². The number of benzene rings is 1. The Labute approximate surface area is 207 Å². The largest absolute Gasteiger partial charge is 0.392 e. The van der Waals surface area contributed by atoms with E-state index in [1.54, 1.807) is 6.92 Å². The predicted octanol–water partition coefficient (Wildman–Crippen LogP) is 6.75. The first-order valence-corrected chi connectivity index (χ1v) is 13.1. The van der Waals surface area contributed by atoms with E-state index in [0.29, 0.717) is 11.5 Å². The van der Waals surface area contributed by atoms with Crippen LogP contribution in [-0.2, 0) is 17.4 Å². The van der Waals surface area contributed by atoms with Crippen LogP contribution in [0.5, 0.6) is 0 Å². The zero-order chi connectivity index (χ0) is 25.3. The van der Waals surface area contributed by atoms with Crippen molar-refractivity contribution in [1.29, 1.82) is 0 Å². The van der Waals surface area contributed by atoms with E-state index in [-0.39, 0.29) is 23.3 Å². The monoisotopic (exact) mass is 466 g/mol. The maximum absolute atomic E-state index is 13.1. The highest BCUT2D eigenvalue weighted by Gasteiger charge is 2.25. The van der Waals surface area contributed by atoms with E-state index in [2.05, 4.69) is 82.6 Å². The Kier molecular flexibility index (Phi) is 8.02. The molecule has 1 saturated carbocycles. The zero-order valence-electron chi connectivity index (χ0n) is 22.7. The van der Waals surface area contributed by atoms with Crippen molar-refractivity contribution in [2.24, 2.45) is 5.92 Å². The standard InChI is InChI=1S/C30H46N2O2/c1-20(33)18-31-28(34)26-17-27(32(21(26)2)19-22-12-10-9-11-13-22)23-14-24(29(3,4)5)16-25(15-23)30(6,7)8/h14-17,20,22,33H,9-13,18-19H2,1-8H3,(H,31,34)/t20-/m1/s1. The lowest BCUT2D eigenvalue weighted by molar-refractivity contribution is 0.0923. The highest BCUT2D eigenvalue weighted by molar-refractivity contribution is 5.97. The molecule has 1 aliphatic rings. The lowest BCUT2D eigenvalue weighted by Crippen LogP contribution is -2.30. The van der Waals surface area contributed by atoms with Gasteiger partial charge in [0.15, 0.2) is 0 Å². The summed E-state index contributed by atoms with van der Waals surface area (Å²) in [5.41, 5.74) is 6.74. The van der Waals surface area contributed by atoms with Crippen molar-refractivity contribution in [1.82, 2.24) is 9.88 Å². The molecule has 1 heterocycles. The summed E-state index contributed by atoms with van der Waals surface area (Å²) in [5.74, 6) is 0.546. The fourth-order valence-corrected chi connectivity index (χ4v) is 4.95. The molecular weight excluding hydrogens is 420 g/mol. The normalized spacial score (nSPS) is 16.5. The molecule has 1 aromatic heterocycles. The van der Waals surface area contributed by atoms with Gasteiger partial charge in [-0.15, -0.1) is 0 Å². The van der Waals surface area contributed by atoms with Gasteiger partial charge in [-0.2, -0.15) is 0 Å². The predicted molar refractivity (Wildman–Crippen MR) is 143 cm³/mol. The van der Waals surface area contributed by atoms with Gasteiger partial charge in [0, 0.05) is 24.5 Å². The molecule has 2 aromatic rings.